The number of aromatic carboxylic acids is 1. The molecule has 1 unspecified atom stereocenters. The second kappa shape index (κ2) is 6.19. The fourth-order valence-corrected chi connectivity index (χ4v) is 1.32. The van der Waals surface area contributed by atoms with E-state index in [2.05, 4.69) is 5.32 Å². The standard InChI is InChI=1S/C10H9F3N2O5/c11-5-2-6(14-3-8(16)9(12)13)7(15(19)20)1-4(5)10(17)18/h1-2,8-9,14,16H,3H2,(H,17,18). The van der Waals surface area contributed by atoms with Crippen LogP contribution < -0.4 is 5.32 Å². The second-order valence-corrected chi connectivity index (χ2v) is 3.69. The molecule has 1 aromatic rings. The van der Waals surface area contributed by atoms with E-state index in [4.69, 9.17) is 10.2 Å². The number of nitrogens with zero attached hydrogens (tertiary/aromatic N) is 1. The Labute approximate surface area is 109 Å². The Balaban J connectivity index is 3.09. The van der Waals surface area contributed by atoms with Gasteiger partial charge in [0.2, 0.25) is 0 Å². The van der Waals surface area contributed by atoms with Crippen LogP contribution in [-0.2, 0) is 0 Å². The zero-order valence-electron chi connectivity index (χ0n) is 9.72. The van der Waals surface area contributed by atoms with Gasteiger partial charge in [-0.3, -0.25) is 10.1 Å². The van der Waals surface area contributed by atoms with E-state index in [-0.39, 0.29) is 0 Å². The number of aliphatic hydroxyl groups is 1. The van der Waals surface area contributed by atoms with Crippen molar-refractivity contribution in [2.24, 2.45) is 0 Å². The average Bonchev–Trinajstić information content (AvgIpc) is 2.34. The summed E-state index contributed by atoms with van der Waals surface area (Å²) in [4.78, 5) is 20.4. The van der Waals surface area contributed by atoms with E-state index in [0.29, 0.717) is 12.1 Å². The number of anilines is 1. The van der Waals surface area contributed by atoms with Crippen LogP contribution in [0.15, 0.2) is 12.1 Å². The molecule has 0 fully saturated rings. The molecule has 0 aliphatic rings. The van der Waals surface area contributed by atoms with Crippen LogP contribution in [-0.4, -0.2) is 40.2 Å². The van der Waals surface area contributed by atoms with E-state index >= 15 is 0 Å². The molecule has 0 saturated carbocycles. The average molecular weight is 294 g/mol. The highest BCUT2D eigenvalue weighted by Gasteiger charge is 2.23. The monoisotopic (exact) mass is 294 g/mol. The summed E-state index contributed by atoms with van der Waals surface area (Å²) in [7, 11) is 0. The number of carbonyl (C=O) groups is 1. The first-order chi connectivity index (χ1) is 9.23. The summed E-state index contributed by atoms with van der Waals surface area (Å²) in [6.45, 7) is -0.760. The van der Waals surface area contributed by atoms with Crippen LogP contribution in [0.1, 0.15) is 10.4 Å². The number of hydrogen-bond donors (Lipinski definition) is 3. The third kappa shape index (κ3) is 3.57. The molecule has 0 aliphatic carbocycles. The van der Waals surface area contributed by atoms with Gasteiger partial charge in [0.15, 0.2) is 0 Å². The molecule has 1 atom stereocenters. The summed E-state index contributed by atoms with van der Waals surface area (Å²) < 4.78 is 37.5. The smallest absolute Gasteiger partial charge is 0.338 e. The van der Waals surface area contributed by atoms with Crippen LogP contribution in [0.4, 0.5) is 24.5 Å². The van der Waals surface area contributed by atoms with Gasteiger partial charge in [-0.25, -0.2) is 18.0 Å². The minimum atomic E-state index is -3.08. The van der Waals surface area contributed by atoms with E-state index in [0.717, 1.165) is 0 Å². The first-order valence-electron chi connectivity index (χ1n) is 5.15. The van der Waals surface area contributed by atoms with Crippen molar-refractivity contribution in [3.05, 3.63) is 33.6 Å². The highest BCUT2D eigenvalue weighted by atomic mass is 19.3. The number of aliphatic hydroxyl groups excluding tert-OH is 1. The molecule has 0 heterocycles. The molecular formula is C10H9F3N2O5. The van der Waals surface area contributed by atoms with Gasteiger partial charge in [0.25, 0.3) is 12.1 Å². The second-order valence-electron chi connectivity index (χ2n) is 3.69. The fraction of sp³-hybridized carbons (Fsp3) is 0.300. The molecule has 0 aliphatic heterocycles. The number of halogens is 3. The molecular weight excluding hydrogens is 285 g/mol. The Morgan fingerprint density at radius 2 is 2.05 bits per heavy atom. The van der Waals surface area contributed by atoms with Crippen molar-refractivity contribution in [3.8, 4) is 0 Å². The maximum absolute atomic E-state index is 13.4. The first kappa shape index (κ1) is 15.7. The van der Waals surface area contributed by atoms with E-state index < -0.39 is 52.7 Å². The van der Waals surface area contributed by atoms with Crippen molar-refractivity contribution in [2.75, 3.05) is 11.9 Å². The summed E-state index contributed by atoms with van der Waals surface area (Å²) in [5.74, 6) is -2.97. The highest BCUT2D eigenvalue weighted by Crippen LogP contribution is 2.28. The van der Waals surface area contributed by atoms with Crippen molar-refractivity contribution in [2.45, 2.75) is 12.5 Å². The molecule has 0 spiro atoms. The molecule has 0 bridgehead atoms. The number of hydrogen-bond acceptors (Lipinski definition) is 5. The normalized spacial score (nSPS) is 12.2. The number of nitro benzene ring substituents is 1. The SMILES string of the molecule is O=C(O)c1cc([N+](=O)[O-])c(NCC(O)C(F)F)cc1F. The van der Waals surface area contributed by atoms with Gasteiger partial charge < -0.3 is 15.5 Å². The number of alkyl halides is 2. The molecule has 1 aromatic carbocycles. The predicted molar refractivity (Wildman–Crippen MR) is 60.5 cm³/mol. The molecule has 0 saturated heterocycles. The summed E-state index contributed by atoms with van der Waals surface area (Å²) in [6.07, 6.45) is -5.18. The van der Waals surface area contributed by atoms with Crippen molar-refractivity contribution in [1.82, 2.24) is 0 Å². The van der Waals surface area contributed by atoms with Crippen LogP contribution in [0.3, 0.4) is 0 Å². The third-order valence-electron chi connectivity index (χ3n) is 2.30. The van der Waals surface area contributed by atoms with Crippen LogP contribution >= 0.6 is 0 Å². The van der Waals surface area contributed by atoms with Crippen molar-refractivity contribution in [1.29, 1.82) is 0 Å². The van der Waals surface area contributed by atoms with Gasteiger partial charge in [-0.1, -0.05) is 0 Å². The topological polar surface area (TPSA) is 113 Å². The van der Waals surface area contributed by atoms with Crippen LogP contribution in [0.25, 0.3) is 0 Å². The van der Waals surface area contributed by atoms with E-state index in [1.165, 1.54) is 0 Å². The molecule has 0 aromatic heterocycles. The molecule has 10 heteroatoms. The van der Waals surface area contributed by atoms with Gasteiger partial charge in [0.1, 0.15) is 23.2 Å². The maximum atomic E-state index is 13.4. The van der Waals surface area contributed by atoms with Crippen LogP contribution in [0, 0.1) is 15.9 Å². The number of carboxylic acid groups (broad SMARTS) is 1. The Morgan fingerprint density at radius 3 is 2.50 bits per heavy atom. The number of nitro groups is 1. The Morgan fingerprint density at radius 1 is 1.45 bits per heavy atom. The lowest BCUT2D eigenvalue weighted by atomic mass is 10.1. The third-order valence-corrected chi connectivity index (χ3v) is 2.30. The number of nitrogens with one attached hydrogen (secondary N) is 1. The fourth-order valence-electron chi connectivity index (χ4n) is 1.32. The zero-order valence-corrected chi connectivity index (χ0v) is 9.72. The van der Waals surface area contributed by atoms with Crippen LogP contribution in [0.2, 0.25) is 0 Å². The summed E-state index contributed by atoms with van der Waals surface area (Å²) >= 11 is 0. The van der Waals surface area contributed by atoms with E-state index in [1.54, 1.807) is 0 Å². The van der Waals surface area contributed by atoms with Gasteiger partial charge in [-0.05, 0) is 0 Å². The van der Waals surface area contributed by atoms with Crippen LogP contribution in [0.5, 0.6) is 0 Å². The summed E-state index contributed by atoms with van der Waals surface area (Å²) in [6, 6.07) is 0.967. The Kier molecular flexibility index (Phi) is 4.86. The lowest BCUT2D eigenvalue weighted by Gasteiger charge is -2.12. The van der Waals surface area contributed by atoms with Gasteiger partial charge in [0, 0.05) is 18.7 Å². The minimum Gasteiger partial charge on any atom is -0.478 e. The van der Waals surface area contributed by atoms with Crippen molar-refractivity contribution >= 4 is 17.3 Å². The quantitative estimate of drug-likeness (QED) is 0.541. The number of carboxylic acids is 1. The van der Waals surface area contributed by atoms with Gasteiger partial charge in [-0.15, -0.1) is 0 Å². The minimum absolute atomic E-state index is 0.467. The number of benzene rings is 1. The highest BCUT2D eigenvalue weighted by molar-refractivity contribution is 5.90. The molecule has 3 N–H and O–H groups in total. The Hall–Kier alpha value is -2.36. The molecule has 1 rings (SSSR count). The predicted octanol–water partition coefficient (Wildman–Crippen LogP) is 1.47. The van der Waals surface area contributed by atoms with E-state index in [9.17, 15) is 28.1 Å². The summed E-state index contributed by atoms with van der Waals surface area (Å²) in [5, 5.41) is 30.3. The zero-order chi connectivity index (χ0) is 15.4. The molecule has 110 valence electrons. The van der Waals surface area contributed by atoms with Gasteiger partial charge in [0.05, 0.1) is 4.92 Å². The largest absolute Gasteiger partial charge is 0.478 e. The molecule has 0 radical (unpaired) electrons. The maximum Gasteiger partial charge on any atom is 0.338 e. The molecule has 7 nitrogen and oxygen atoms in total. The van der Waals surface area contributed by atoms with Gasteiger partial charge in [-0.2, -0.15) is 0 Å². The Bertz CT molecular complexity index is 538. The first-order valence-corrected chi connectivity index (χ1v) is 5.15. The molecule has 20 heavy (non-hydrogen) atoms. The molecule has 0 amide bonds. The summed E-state index contributed by atoms with van der Waals surface area (Å²) in [5.41, 5.74) is -2.22. The lowest BCUT2D eigenvalue weighted by Crippen LogP contribution is -2.27. The van der Waals surface area contributed by atoms with E-state index in [1.807, 2.05) is 0 Å². The van der Waals surface area contributed by atoms with Gasteiger partial charge >= 0.3 is 5.97 Å². The van der Waals surface area contributed by atoms with Crippen molar-refractivity contribution < 1.29 is 33.1 Å². The van der Waals surface area contributed by atoms with Crippen molar-refractivity contribution in [3.63, 3.8) is 0 Å². The number of rotatable bonds is 6. The lowest BCUT2D eigenvalue weighted by molar-refractivity contribution is -0.384.